The number of hydrogen-bond acceptors (Lipinski definition) is 2. The highest BCUT2D eigenvalue weighted by Gasteiger charge is 2.06. The lowest BCUT2D eigenvalue weighted by Gasteiger charge is -2.24. The fourth-order valence-electron chi connectivity index (χ4n) is 1.04. The van der Waals surface area contributed by atoms with Crippen molar-refractivity contribution in [1.29, 1.82) is 0 Å². The van der Waals surface area contributed by atoms with Crippen LogP contribution in [0, 0.1) is 0 Å². The number of aliphatic carboxylic acids is 1. The average molecular weight is 195 g/mol. The van der Waals surface area contributed by atoms with E-state index in [4.69, 9.17) is 9.90 Å². The third-order valence-corrected chi connectivity index (χ3v) is 1.70. The van der Waals surface area contributed by atoms with E-state index >= 15 is 0 Å². The van der Waals surface area contributed by atoms with E-state index in [1.165, 1.54) is 0 Å². The molecule has 1 heterocycles. The minimum Gasteiger partial charge on any atom is -0.481 e. The molecule has 1 aliphatic heterocycles. The Morgan fingerprint density at radius 3 is 2.64 bits per heavy atom. The predicted molar refractivity (Wildman–Crippen MR) is 58.0 cm³/mol. The van der Waals surface area contributed by atoms with Crippen molar-refractivity contribution in [2.75, 3.05) is 7.05 Å². The Morgan fingerprint density at radius 1 is 1.64 bits per heavy atom. The molecule has 0 radical (unpaired) electrons. The van der Waals surface area contributed by atoms with Gasteiger partial charge in [-0.15, -0.1) is 6.58 Å². The summed E-state index contributed by atoms with van der Waals surface area (Å²) < 4.78 is 0. The molecule has 1 unspecified atom stereocenters. The molecular weight excluding hydrogens is 178 g/mol. The highest BCUT2D eigenvalue weighted by Crippen LogP contribution is 2.08. The maximum absolute atomic E-state index is 9.00. The molecule has 0 saturated heterocycles. The minimum atomic E-state index is -0.833. The van der Waals surface area contributed by atoms with Crippen molar-refractivity contribution < 1.29 is 9.90 Å². The SMILES string of the molecule is C=CCC1C=CC=CN1C.CC(=O)O. The van der Waals surface area contributed by atoms with Crippen molar-refractivity contribution in [2.24, 2.45) is 0 Å². The van der Waals surface area contributed by atoms with E-state index < -0.39 is 5.97 Å². The summed E-state index contributed by atoms with van der Waals surface area (Å²) >= 11 is 0. The van der Waals surface area contributed by atoms with Gasteiger partial charge in [0.1, 0.15) is 0 Å². The van der Waals surface area contributed by atoms with Crippen LogP contribution in [0.3, 0.4) is 0 Å². The molecule has 0 aromatic rings. The second-order valence-electron chi connectivity index (χ2n) is 3.00. The number of rotatable bonds is 2. The Kier molecular flexibility index (Phi) is 6.20. The second-order valence-corrected chi connectivity index (χ2v) is 3.00. The Hall–Kier alpha value is -1.51. The lowest BCUT2D eigenvalue weighted by atomic mass is 10.1. The summed E-state index contributed by atoms with van der Waals surface area (Å²) in [4.78, 5) is 11.2. The molecule has 3 heteroatoms. The van der Waals surface area contributed by atoms with E-state index in [0.29, 0.717) is 6.04 Å². The zero-order chi connectivity index (χ0) is 11.0. The van der Waals surface area contributed by atoms with Crippen molar-refractivity contribution in [3.05, 3.63) is 37.1 Å². The topological polar surface area (TPSA) is 40.5 Å². The van der Waals surface area contributed by atoms with Crippen LogP contribution in [0.25, 0.3) is 0 Å². The number of carboxylic acid groups (broad SMARTS) is 1. The summed E-state index contributed by atoms with van der Waals surface area (Å²) in [5.74, 6) is -0.833. The quantitative estimate of drug-likeness (QED) is 0.685. The van der Waals surface area contributed by atoms with E-state index in [9.17, 15) is 0 Å². The van der Waals surface area contributed by atoms with Gasteiger partial charge in [0.25, 0.3) is 5.97 Å². The molecule has 1 rings (SSSR count). The van der Waals surface area contributed by atoms with Gasteiger partial charge >= 0.3 is 0 Å². The fourth-order valence-corrected chi connectivity index (χ4v) is 1.04. The largest absolute Gasteiger partial charge is 0.481 e. The van der Waals surface area contributed by atoms with Crippen LogP contribution in [0.2, 0.25) is 0 Å². The normalized spacial score (nSPS) is 18.4. The predicted octanol–water partition coefficient (Wildman–Crippen LogP) is 2.04. The smallest absolute Gasteiger partial charge is 0.300 e. The van der Waals surface area contributed by atoms with Gasteiger partial charge in [-0.1, -0.05) is 18.2 Å². The highest BCUT2D eigenvalue weighted by molar-refractivity contribution is 5.62. The second kappa shape index (κ2) is 6.95. The van der Waals surface area contributed by atoms with Gasteiger partial charge in [-0.2, -0.15) is 0 Å². The zero-order valence-corrected chi connectivity index (χ0v) is 8.68. The Labute approximate surface area is 85.0 Å². The molecule has 0 fully saturated rings. The number of allylic oxidation sites excluding steroid dienone is 2. The van der Waals surface area contributed by atoms with E-state index in [-0.39, 0.29) is 0 Å². The van der Waals surface area contributed by atoms with Crippen LogP contribution in [-0.2, 0) is 4.79 Å². The number of carboxylic acids is 1. The zero-order valence-electron chi connectivity index (χ0n) is 8.68. The van der Waals surface area contributed by atoms with E-state index in [2.05, 4.69) is 36.9 Å². The molecule has 0 aromatic carbocycles. The van der Waals surface area contributed by atoms with E-state index in [1.807, 2.05) is 12.2 Å². The van der Waals surface area contributed by atoms with Crippen molar-refractivity contribution in [3.63, 3.8) is 0 Å². The molecule has 0 spiro atoms. The molecular formula is C11H17NO2. The maximum atomic E-state index is 9.00. The standard InChI is InChI=1S/C9H13N.C2H4O2/c1-3-6-9-7-4-5-8-10(9)2;1-2(3)4/h3-5,7-9H,1,6H2,2H3;1H3,(H,3,4). The first-order valence-electron chi connectivity index (χ1n) is 4.45. The first kappa shape index (κ1) is 12.5. The fraction of sp³-hybridized carbons (Fsp3) is 0.364. The maximum Gasteiger partial charge on any atom is 0.300 e. The Bertz CT molecular complexity index is 240. The van der Waals surface area contributed by atoms with Gasteiger partial charge in [0, 0.05) is 14.0 Å². The van der Waals surface area contributed by atoms with Gasteiger partial charge in [-0.3, -0.25) is 4.79 Å². The number of hydrogen-bond donors (Lipinski definition) is 1. The molecule has 1 atom stereocenters. The van der Waals surface area contributed by atoms with Crippen molar-refractivity contribution in [2.45, 2.75) is 19.4 Å². The van der Waals surface area contributed by atoms with Gasteiger partial charge in [0.2, 0.25) is 0 Å². The van der Waals surface area contributed by atoms with E-state index in [1.54, 1.807) is 0 Å². The first-order chi connectivity index (χ1) is 6.57. The Morgan fingerprint density at radius 2 is 2.21 bits per heavy atom. The van der Waals surface area contributed by atoms with Gasteiger partial charge in [0.05, 0.1) is 6.04 Å². The summed E-state index contributed by atoms with van der Waals surface area (Å²) in [6.07, 6.45) is 11.4. The highest BCUT2D eigenvalue weighted by atomic mass is 16.4. The van der Waals surface area contributed by atoms with Crippen molar-refractivity contribution >= 4 is 5.97 Å². The van der Waals surface area contributed by atoms with Gasteiger partial charge in [0.15, 0.2) is 0 Å². The third-order valence-electron chi connectivity index (χ3n) is 1.70. The van der Waals surface area contributed by atoms with E-state index in [0.717, 1.165) is 13.3 Å². The monoisotopic (exact) mass is 195 g/mol. The number of carbonyl (C=O) groups is 1. The van der Waals surface area contributed by atoms with Crippen LogP contribution < -0.4 is 0 Å². The van der Waals surface area contributed by atoms with Crippen LogP contribution >= 0.6 is 0 Å². The van der Waals surface area contributed by atoms with Crippen LogP contribution in [0.1, 0.15) is 13.3 Å². The van der Waals surface area contributed by atoms with Crippen LogP contribution in [0.15, 0.2) is 37.1 Å². The first-order valence-corrected chi connectivity index (χ1v) is 4.45. The molecule has 1 N–H and O–H groups in total. The lowest BCUT2D eigenvalue weighted by Crippen LogP contribution is -2.25. The molecule has 14 heavy (non-hydrogen) atoms. The van der Waals surface area contributed by atoms with Crippen molar-refractivity contribution in [1.82, 2.24) is 4.90 Å². The van der Waals surface area contributed by atoms with Crippen LogP contribution in [0.4, 0.5) is 0 Å². The molecule has 0 bridgehead atoms. The minimum absolute atomic E-state index is 0.516. The molecule has 0 aliphatic carbocycles. The van der Waals surface area contributed by atoms with Crippen LogP contribution in [-0.4, -0.2) is 29.1 Å². The molecule has 1 aliphatic rings. The van der Waals surface area contributed by atoms with Gasteiger partial charge < -0.3 is 10.0 Å². The molecule has 0 saturated carbocycles. The molecule has 0 amide bonds. The number of likely N-dealkylation sites (N-methyl/N-ethyl adjacent to an activating group) is 1. The Balaban J connectivity index is 0.000000364. The summed E-state index contributed by atoms with van der Waals surface area (Å²) in [5, 5.41) is 7.42. The summed E-state index contributed by atoms with van der Waals surface area (Å²) in [7, 11) is 2.08. The average Bonchev–Trinajstić information content (AvgIpc) is 2.08. The van der Waals surface area contributed by atoms with Crippen LogP contribution in [0.5, 0.6) is 0 Å². The van der Waals surface area contributed by atoms with Gasteiger partial charge in [-0.05, 0) is 18.7 Å². The number of nitrogens with zero attached hydrogens (tertiary/aromatic N) is 1. The molecule has 78 valence electrons. The lowest BCUT2D eigenvalue weighted by molar-refractivity contribution is -0.134. The van der Waals surface area contributed by atoms with Crippen molar-refractivity contribution in [3.8, 4) is 0 Å². The van der Waals surface area contributed by atoms with Gasteiger partial charge in [-0.25, -0.2) is 0 Å². The third kappa shape index (κ3) is 6.06. The summed E-state index contributed by atoms with van der Waals surface area (Å²) in [5.41, 5.74) is 0. The molecule has 3 nitrogen and oxygen atoms in total. The summed E-state index contributed by atoms with van der Waals surface area (Å²) in [6.45, 7) is 4.79. The molecule has 0 aromatic heterocycles. The summed E-state index contributed by atoms with van der Waals surface area (Å²) in [6, 6.07) is 0.516.